The SMILES string of the molecule is [2H]c1nc([2H])c(C(N)=O)nc1[2H]. The standard InChI is InChI=1S/C5H5N3O/c6-5(9)4-3-7-1-2-8-4/h1-3H,(H2,6,9)/i1D,2D,3D. The molecule has 0 radical (unpaired) electrons. The van der Waals surface area contributed by atoms with Crippen molar-refractivity contribution in [1.29, 1.82) is 0 Å². The van der Waals surface area contributed by atoms with E-state index in [1.807, 2.05) is 0 Å². The van der Waals surface area contributed by atoms with Crippen LogP contribution in [0.1, 0.15) is 14.6 Å². The fourth-order valence-corrected chi connectivity index (χ4v) is 0.322. The van der Waals surface area contributed by atoms with Gasteiger partial charge in [0.05, 0.1) is 10.3 Å². The molecule has 2 N–H and O–H groups in total. The molecule has 1 aromatic rings. The summed E-state index contributed by atoms with van der Waals surface area (Å²) in [4.78, 5) is 17.1. The van der Waals surface area contributed by atoms with Gasteiger partial charge in [0.25, 0.3) is 5.91 Å². The molecule has 1 heterocycles. The Morgan fingerprint density at radius 1 is 1.78 bits per heavy atom. The Kier molecular flexibility index (Phi) is 0.715. The van der Waals surface area contributed by atoms with E-state index in [4.69, 9.17) is 9.85 Å². The Balaban J connectivity index is 3.33. The van der Waals surface area contributed by atoms with Crippen molar-refractivity contribution < 1.29 is 8.91 Å². The molecule has 0 aliphatic rings. The van der Waals surface area contributed by atoms with Crippen LogP contribution in [0, 0.1) is 0 Å². The van der Waals surface area contributed by atoms with Crippen LogP contribution in [-0.2, 0) is 0 Å². The predicted octanol–water partition coefficient (Wildman–Crippen LogP) is -0.424. The molecule has 9 heavy (non-hydrogen) atoms. The molecule has 4 nitrogen and oxygen atoms in total. The van der Waals surface area contributed by atoms with Crippen molar-refractivity contribution in [3.8, 4) is 0 Å². The predicted molar refractivity (Wildman–Crippen MR) is 30.5 cm³/mol. The molecule has 4 heteroatoms. The molecule has 0 fully saturated rings. The van der Waals surface area contributed by atoms with E-state index in [0.29, 0.717) is 0 Å². The molecule has 0 bridgehead atoms. The van der Waals surface area contributed by atoms with Crippen molar-refractivity contribution in [3.05, 3.63) is 24.2 Å². The summed E-state index contributed by atoms with van der Waals surface area (Å²) in [5, 5.41) is 0. The Morgan fingerprint density at radius 2 is 2.56 bits per heavy atom. The lowest BCUT2D eigenvalue weighted by Gasteiger charge is -1.87. The van der Waals surface area contributed by atoms with Crippen molar-refractivity contribution in [2.24, 2.45) is 5.73 Å². The maximum atomic E-state index is 10.5. The second-order valence-electron chi connectivity index (χ2n) is 1.27. The van der Waals surface area contributed by atoms with Gasteiger partial charge in [-0.2, -0.15) is 0 Å². The maximum absolute atomic E-state index is 10.5. The number of rotatable bonds is 1. The third-order valence-electron chi connectivity index (χ3n) is 0.669. The molecule has 1 amide bonds. The largest absolute Gasteiger partial charge is 0.364 e. The van der Waals surface area contributed by atoms with E-state index >= 15 is 0 Å². The Morgan fingerprint density at radius 3 is 3.22 bits per heavy atom. The molecule has 0 aromatic carbocycles. The average molecular weight is 126 g/mol. The third kappa shape index (κ3) is 1.22. The van der Waals surface area contributed by atoms with Gasteiger partial charge in [-0.15, -0.1) is 0 Å². The molecule has 0 spiro atoms. The minimum absolute atomic E-state index is 0.379. The number of hydrogen-bond donors (Lipinski definition) is 1. The van der Waals surface area contributed by atoms with Crippen molar-refractivity contribution in [3.63, 3.8) is 0 Å². The van der Waals surface area contributed by atoms with Crippen LogP contribution >= 0.6 is 0 Å². The van der Waals surface area contributed by atoms with Gasteiger partial charge in [0, 0.05) is 12.3 Å². The summed E-state index contributed by atoms with van der Waals surface area (Å²) in [6.45, 7) is 0. The Bertz CT molecular complexity index is 341. The van der Waals surface area contributed by atoms with Crippen molar-refractivity contribution >= 4 is 5.91 Å². The highest BCUT2D eigenvalue weighted by Gasteiger charge is 1.97. The van der Waals surface area contributed by atoms with Gasteiger partial charge in [-0.3, -0.25) is 9.78 Å². The monoisotopic (exact) mass is 126 g/mol. The van der Waals surface area contributed by atoms with Gasteiger partial charge < -0.3 is 5.73 Å². The number of primary amides is 1. The molecule has 46 valence electrons. The summed E-state index contributed by atoms with van der Waals surface area (Å²) in [6, 6.07) is 0. The van der Waals surface area contributed by atoms with Crippen molar-refractivity contribution in [2.75, 3.05) is 0 Å². The summed E-state index contributed by atoms with van der Waals surface area (Å²) >= 11 is 0. The zero-order valence-electron chi connectivity index (χ0n) is 7.38. The van der Waals surface area contributed by atoms with Crippen LogP contribution in [0.4, 0.5) is 0 Å². The first kappa shape index (κ1) is 2.91. The normalized spacial score (nSPS) is 13.6. The Labute approximate surface area is 56.0 Å². The van der Waals surface area contributed by atoms with Crippen LogP contribution in [0.15, 0.2) is 18.5 Å². The molecule has 1 aromatic heterocycles. The number of nitrogens with two attached hydrogens (primary N) is 1. The molecule has 0 unspecified atom stereocenters. The molecule has 0 saturated heterocycles. The highest BCUT2D eigenvalue weighted by Crippen LogP contribution is 1.84. The minimum Gasteiger partial charge on any atom is -0.364 e. The van der Waals surface area contributed by atoms with Crippen LogP contribution in [0.25, 0.3) is 0 Å². The summed E-state index contributed by atoms with van der Waals surface area (Å²) in [5.74, 6) is -0.916. The lowest BCUT2D eigenvalue weighted by molar-refractivity contribution is 0.0995. The molecular weight excluding hydrogens is 118 g/mol. The lowest BCUT2D eigenvalue weighted by atomic mass is 10.4. The van der Waals surface area contributed by atoms with Crippen LogP contribution in [0.5, 0.6) is 0 Å². The van der Waals surface area contributed by atoms with E-state index in [2.05, 4.69) is 9.97 Å². The smallest absolute Gasteiger partial charge is 0.268 e. The van der Waals surface area contributed by atoms with E-state index in [-0.39, 0.29) is 5.69 Å². The zero-order valence-corrected chi connectivity index (χ0v) is 4.38. The second kappa shape index (κ2) is 2.21. The van der Waals surface area contributed by atoms with Crippen LogP contribution in [0.2, 0.25) is 0 Å². The van der Waals surface area contributed by atoms with Crippen LogP contribution in [-0.4, -0.2) is 15.9 Å². The summed E-state index contributed by atoms with van der Waals surface area (Å²) in [5.41, 5.74) is 4.45. The first-order chi connectivity index (χ1) is 5.52. The second-order valence-corrected chi connectivity index (χ2v) is 1.27. The molecule has 0 atom stereocenters. The van der Waals surface area contributed by atoms with Gasteiger partial charge in [-0.25, -0.2) is 4.98 Å². The van der Waals surface area contributed by atoms with Crippen molar-refractivity contribution in [2.45, 2.75) is 0 Å². The number of carbonyl (C=O) groups is 1. The van der Waals surface area contributed by atoms with Crippen LogP contribution < -0.4 is 5.73 Å². The van der Waals surface area contributed by atoms with Gasteiger partial charge in [0.2, 0.25) is 0 Å². The minimum atomic E-state index is -0.916. The average Bonchev–Trinajstić information content (AvgIpc) is 1.96. The Hall–Kier alpha value is -1.45. The van der Waals surface area contributed by atoms with Gasteiger partial charge in [0.1, 0.15) is 5.69 Å². The van der Waals surface area contributed by atoms with Gasteiger partial charge in [-0.1, -0.05) is 0 Å². The fourth-order valence-electron chi connectivity index (χ4n) is 0.322. The third-order valence-corrected chi connectivity index (χ3v) is 0.669. The number of aromatic nitrogens is 2. The molecule has 0 aliphatic carbocycles. The van der Waals surface area contributed by atoms with E-state index in [1.165, 1.54) is 0 Å². The van der Waals surface area contributed by atoms with Gasteiger partial charge in [0.15, 0.2) is 0 Å². The van der Waals surface area contributed by atoms with Crippen LogP contribution in [0.3, 0.4) is 0 Å². The topological polar surface area (TPSA) is 68.9 Å². The van der Waals surface area contributed by atoms with E-state index in [9.17, 15) is 4.79 Å². The number of carbonyl (C=O) groups excluding carboxylic acids is 1. The molecule has 1 rings (SSSR count). The summed E-state index contributed by atoms with van der Waals surface area (Å²) in [6.07, 6.45) is -1.37. The zero-order chi connectivity index (χ0) is 9.30. The first-order valence-corrected chi connectivity index (χ1v) is 2.14. The van der Waals surface area contributed by atoms with E-state index in [0.717, 1.165) is 0 Å². The summed E-state index contributed by atoms with van der Waals surface area (Å²) in [7, 11) is 0. The summed E-state index contributed by atoms with van der Waals surface area (Å²) < 4.78 is 21.0. The molecule has 0 saturated carbocycles. The fraction of sp³-hybridized carbons (Fsp3) is 0. The molecular formula is C5H5N3O. The van der Waals surface area contributed by atoms with E-state index < -0.39 is 24.4 Å². The maximum Gasteiger partial charge on any atom is 0.268 e. The quantitative estimate of drug-likeness (QED) is 0.555. The van der Waals surface area contributed by atoms with Gasteiger partial charge >= 0.3 is 0 Å². The highest BCUT2D eigenvalue weighted by atomic mass is 16.1. The number of nitrogens with zero attached hydrogens (tertiary/aromatic N) is 2. The first-order valence-electron chi connectivity index (χ1n) is 3.64. The van der Waals surface area contributed by atoms with Gasteiger partial charge in [-0.05, 0) is 0 Å². The molecule has 0 aliphatic heterocycles. The lowest BCUT2D eigenvalue weighted by Crippen LogP contribution is -2.12. The number of amides is 1. The number of hydrogen-bond acceptors (Lipinski definition) is 3. The van der Waals surface area contributed by atoms with E-state index in [1.54, 1.807) is 0 Å². The van der Waals surface area contributed by atoms with Crippen molar-refractivity contribution in [1.82, 2.24) is 9.97 Å². The highest BCUT2D eigenvalue weighted by molar-refractivity contribution is 5.90.